The van der Waals surface area contributed by atoms with Gasteiger partial charge >= 0.3 is 0 Å². The summed E-state index contributed by atoms with van der Waals surface area (Å²) >= 11 is 0. The molecular weight excluding hydrogens is 158 g/mol. The summed E-state index contributed by atoms with van der Waals surface area (Å²) in [5.41, 5.74) is 2.27. The van der Waals surface area contributed by atoms with Crippen molar-refractivity contribution in [1.29, 1.82) is 0 Å². The van der Waals surface area contributed by atoms with E-state index < -0.39 is 0 Å². The van der Waals surface area contributed by atoms with Crippen LogP contribution in [0.1, 0.15) is 20.3 Å². The Morgan fingerprint density at radius 1 is 1.46 bits per heavy atom. The van der Waals surface area contributed by atoms with E-state index in [1.165, 1.54) is 5.57 Å². The van der Waals surface area contributed by atoms with Crippen LogP contribution < -0.4 is 5.32 Å². The van der Waals surface area contributed by atoms with E-state index in [0.29, 0.717) is 6.04 Å². The molecule has 0 spiro atoms. The summed E-state index contributed by atoms with van der Waals surface area (Å²) in [6.45, 7) is 8.18. The van der Waals surface area contributed by atoms with Gasteiger partial charge in [-0.1, -0.05) is 30.9 Å². The van der Waals surface area contributed by atoms with Gasteiger partial charge in [0.05, 0.1) is 0 Å². The molecule has 0 aromatic rings. The van der Waals surface area contributed by atoms with Gasteiger partial charge in [-0.3, -0.25) is 0 Å². The Labute approximate surface area is 80.5 Å². The van der Waals surface area contributed by atoms with Crippen molar-refractivity contribution in [3.63, 3.8) is 0 Å². The van der Waals surface area contributed by atoms with E-state index in [1.807, 2.05) is 6.20 Å². The lowest BCUT2D eigenvalue weighted by molar-refractivity contribution is 0.762. The van der Waals surface area contributed by atoms with Gasteiger partial charge < -0.3 is 5.32 Å². The van der Waals surface area contributed by atoms with Gasteiger partial charge in [-0.15, -0.1) is 0 Å². The third kappa shape index (κ3) is 3.32. The number of allylic oxidation sites excluding steroid dienone is 5. The molecule has 1 heteroatoms. The van der Waals surface area contributed by atoms with Crippen molar-refractivity contribution >= 4 is 0 Å². The highest BCUT2D eigenvalue weighted by atomic mass is 14.9. The number of hydrogen-bond acceptors (Lipinski definition) is 1. The van der Waals surface area contributed by atoms with Crippen molar-refractivity contribution in [2.45, 2.75) is 26.3 Å². The van der Waals surface area contributed by atoms with Crippen LogP contribution in [0, 0.1) is 0 Å². The van der Waals surface area contributed by atoms with Crippen molar-refractivity contribution < 1.29 is 0 Å². The molecule has 1 aliphatic rings. The first-order chi connectivity index (χ1) is 6.20. The lowest BCUT2D eigenvalue weighted by atomic mass is 10.1. The predicted molar refractivity (Wildman–Crippen MR) is 58.4 cm³/mol. The zero-order chi connectivity index (χ0) is 9.68. The second-order valence-electron chi connectivity index (χ2n) is 3.37. The standard InChI is InChI=1S/C12H17N/c1-10-7-5-4-6-8-12(3)13-9-11(10)2/h5-9,12-13H,1,4H2,2-3H3/b7-5-,8-6-,11-9-. The highest BCUT2D eigenvalue weighted by Crippen LogP contribution is 2.09. The third-order valence-corrected chi connectivity index (χ3v) is 2.09. The SMILES string of the molecule is C=C1/C=C\C/C=C\C(C)N/C=C\1C. The minimum atomic E-state index is 0.397. The molecule has 0 saturated carbocycles. The van der Waals surface area contributed by atoms with E-state index in [1.54, 1.807) is 0 Å². The van der Waals surface area contributed by atoms with E-state index >= 15 is 0 Å². The Morgan fingerprint density at radius 3 is 3.00 bits per heavy atom. The van der Waals surface area contributed by atoms with Crippen LogP contribution in [-0.2, 0) is 0 Å². The molecular formula is C12H17N. The van der Waals surface area contributed by atoms with Crippen LogP contribution >= 0.6 is 0 Å². The van der Waals surface area contributed by atoms with Crippen molar-refractivity contribution in [2.24, 2.45) is 0 Å². The first kappa shape index (κ1) is 9.85. The van der Waals surface area contributed by atoms with Gasteiger partial charge in [0.15, 0.2) is 0 Å². The quantitative estimate of drug-likeness (QED) is 0.558. The third-order valence-electron chi connectivity index (χ3n) is 2.09. The van der Waals surface area contributed by atoms with Crippen LogP contribution in [0.4, 0.5) is 0 Å². The van der Waals surface area contributed by atoms with Crippen molar-refractivity contribution in [2.75, 3.05) is 0 Å². The Bertz CT molecular complexity index is 269. The van der Waals surface area contributed by atoms with Gasteiger partial charge in [0.1, 0.15) is 0 Å². The summed E-state index contributed by atoms with van der Waals surface area (Å²) in [7, 11) is 0. The Balaban J connectivity index is 2.79. The van der Waals surface area contributed by atoms with E-state index in [9.17, 15) is 0 Å². The molecule has 70 valence electrons. The maximum Gasteiger partial charge on any atom is 0.0410 e. The zero-order valence-corrected chi connectivity index (χ0v) is 8.38. The summed E-state index contributed by atoms with van der Waals surface area (Å²) in [5, 5.41) is 3.29. The Hall–Kier alpha value is -1.24. The molecule has 1 unspecified atom stereocenters. The minimum Gasteiger partial charge on any atom is -0.385 e. The molecule has 1 atom stereocenters. The zero-order valence-electron chi connectivity index (χ0n) is 8.38. The second kappa shape index (κ2) is 4.70. The molecule has 0 aromatic heterocycles. The monoisotopic (exact) mass is 175 g/mol. The van der Waals surface area contributed by atoms with Crippen molar-refractivity contribution in [3.05, 3.63) is 48.2 Å². The molecule has 1 aliphatic heterocycles. The molecule has 1 N–H and O–H groups in total. The number of hydrogen-bond donors (Lipinski definition) is 1. The molecule has 0 fully saturated rings. The van der Waals surface area contributed by atoms with Gasteiger partial charge in [-0.2, -0.15) is 0 Å². The largest absolute Gasteiger partial charge is 0.385 e. The van der Waals surface area contributed by atoms with Gasteiger partial charge in [0.25, 0.3) is 0 Å². The normalized spacial score (nSPS) is 32.6. The van der Waals surface area contributed by atoms with E-state index in [2.05, 4.69) is 50.0 Å². The summed E-state index contributed by atoms with van der Waals surface area (Å²) in [4.78, 5) is 0. The molecule has 0 bridgehead atoms. The molecule has 1 rings (SSSR count). The number of nitrogens with one attached hydrogen (secondary N) is 1. The van der Waals surface area contributed by atoms with Crippen molar-refractivity contribution in [1.82, 2.24) is 5.32 Å². The van der Waals surface area contributed by atoms with E-state index in [4.69, 9.17) is 0 Å². The van der Waals surface area contributed by atoms with Gasteiger partial charge in [-0.05, 0) is 31.4 Å². The number of rotatable bonds is 0. The van der Waals surface area contributed by atoms with Crippen LogP contribution in [0.3, 0.4) is 0 Å². The van der Waals surface area contributed by atoms with E-state index in [-0.39, 0.29) is 0 Å². The topological polar surface area (TPSA) is 12.0 Å². The Morgan fingerprint density at radius 2 is 2.23 bits per heavy atom. The lowest BCUT2D eigenvalue weighted by Crippen LogP contribution is -2.18. The Kier molecular flexibility index (Phi) is 3.56. The van der Waals surface area contributed by atoms with Gasteiger partial charge in [0.2, 0.25) is 0 Å². The van der Waals surface area contributed by atoms with Gasteiger partial charge in [0, 0.05) is 12.2 Å². The average Bonchev–Trinajstić information content (AvgIpc) is 2.12. The summed E-state index contributed by atoms with van der Waals surface area (Å²) < 4.78 is 0. The molecule has 13 heavy (non-hydrogen) atoms. The van der Waals surface area contributed by atoms with Crippen LogP contribution in [0.25, 0.3) is 0 Å². The molecule has 0 saturated heterocycles. The molecule has 1 nitrogen and oxygen atoms in total. The van der Waals surface area contributed by atoms with Crippen LogP contribution in [0.15, 0.2) is 48.2 Å². The van der Waals surface area contributed by atoms with Gasteiger partial charge in [-0.25, -0.2) is 0 Å². The maximum atomic E-state index is 3.97. The summed E-state index contributed by atoms with van der Waals surface area (Å²) in [6.07, 6.45) is 11.5. The fraction of sp³-hybridized carbons (Fsp3) is 0.333. The molecule has 1 heterocycles. The maximum absolute atomic E-state index is 3.97. The van der Waals surface area contributed by atoms with Crippen molar-refractivity contribution in [3.8, 4) is 0 Å². The predicted octanol–water partition coefficient (Wildman–Crippen LogP) is 2.94. The fourth-order valence-electron chi connectivity index (χ4n) is 1.11. The highest BCUT2D eigenvalue weighted by molar-refractivity contribution is 5.35. The molecule has 0 radical (unpaired) electrons. The summed E-state index contributed by atoms with van der Waals surface area (Å²) in [6, 6.07) is 0.397. The van der Waals surface area contributed by atoms with Crippen LogP contribution in [-0.4, -0.2) is 6.04 Å². The smallest absolute Gasteiger partial charge is 0.0410 e. The van der Waals surface area contributed by atoms with Crippen LogP contribution in [0.2, 0.25) is 0 Å². The molecule has 0 aliphatic carbocycles. The van der Waals surface area contributed by atoms with E-state index in [0.717, 1.165) is 12.0 Å². The highest BCUT2D eigenvalue weighted by Gasteiger charge is 1.96. The first-order valence-electron chi connectivity index (χ1n) is 4.65. The first-order valence-corrected chi connectivity index (χ1v) is 4.65. The molecule has 0 aromatic carbocycles. The second-order valence-corrected chi connectivity index (χ2v) is 3.37. The average molecular weight is 175 g/mol. The van der Waals surface area contributed by atoms with Crippen LogP contribution in [0.5, 0.6) is 0 Å². The summed E-state index contributed by atoms with van der Waals surface area (Å²) in [5.74, 6) is 0. The lowest BCUT2D eigenvalue weighted by Gasteiger charge is -2.09. The molecule has 0 amide bonds. The fourth-order valence-corrected chi connectivity index (χ4v) is 1.11. The minimum absolute atomic E-state index is 0.397.